The molecule has 1 saturated heterocycles. The van der Waals surface area contributed by atoms with Gasteiger partial charge in [0.2, 0.25) is 5.91 Å². The van der Waals surface area contributed by atoms with Gasteiger partial charge in [-0.2, -0.15) is 4.31 Å². The minimum atomic E-state index is -3.83. The fourth-order valence-corrected chi connectivity index (χ4v) is 8.13. The number of para-hydroxylation sites is 1. The molecule has 0 aliphatic carbocycles. The number of aromatic nitrogens is 2. The van der Waals surface area contributed by atoms with Crippen LogP contribution in [0.4, 0.5) is 5.13 Å². The molecule has 0 saturated carbocycles. The molecule has 1 atom stereocenters. The minimum Gasteiger partial charge on any atom is -0.282 e. The highest BCUT2D eigenvalue weighted by Gasteiger charge is 2.42. The zero-order chi connectivity index (χ0) is 23.0. The summed E-state index contributed by atoms with van der Waals surface area (Å²) in [5.41, 5.74) is 1.63. The summed E-state index contributed by atoms with van der Waals surface area (Å²) in [6.07, 6.45) is 4.43. The molecule has 1 aliphatic rings. The summed E-state index contributed by atoms with van der Waals surface area (Å²) in [5, 5.41) is 0.536. The van der Waals surface area contributed by atoms with Gasteiger partial charge in [-0.15, -0.1) is 11.3 Å². The number of thiazole rings is 1. The molecule has 0 N–H and O–H groups in total. The van der Waals surface area contributed by atoms with Crippen molar-refractivity contribution in [2.45, 2.75) is 29.6 Å². The molecule has 4 aromatic rings. The molecule has 0 bridgehead atoms. The van der Waals surface area contributed by atoms with Crippen LogP contribution in [0, 0.1) is 0 Å². The second kappa shape index (κ2) is 9.11. The molecule has 1 fully saturated rings. The monoisotopic (exact) mass is 518 g/mol. The first-order valence-corrected chi connectivity index (χ1v) is 13.7. The van der Waals surface area contributed by atoms with Crippen molar-refractivity contribution in [3.63, 3.8) is 0 Å². The van der Waals surface area contributed by atoms with E-state index in [1.54, 1.807) is 23.4 Å². The Morgan fingerprint density at radius 1 is 1.15 bits per heavy atom. The number of fused-ring (bicyclic) bond motifs is 1. The second-order valence-corrected chi connectivity index (χ2v) is 12.4. The lowest BCUT2D eigenvalue weighted by molar-refractivity contribution is -0.121. The van der Waals surface area contributed by atoms with Gasteiger partial charge in [-0.1, -0.05) is 41.1 Å². The number of sulfonamides is 1. The molecule has 4 heterocycles. The van der Waals surface area contributed by atoms with Crippen LogP contribution in [0.1, 0.15) is 18.4 Å². The zero-order valence-corrected chi connectivity index (χ0v) is 20.5. The third-order valence-electron chi connectivity index (χ3n) is 5.44. The third-order valence-corrected chi connectivity index (χ3v) is 10.1. The van der Waals surface area contributed by atoms with Crippen molar-refractivity contribution in [3.05, 3.63) is 70.8 Å². The molecule has 0 radical (unpaired) electrons. The predicted octanol–water partition coefficient (Wildman–Crippen LogP) is 4.79. The standard InChI is InChI=1S/C22H19ClN4O3S3/c23-19-9-10-20(32-19)33(29,30)27-12-4-7-17(27)21(28)26(14-15-5-3-11-24-13-15)22-25-16-6-1-2-8-18(16)31-22/h1-3,5-6,8-11,13,17H,4,7,12,14H2. The number of benzene rings is 1. The van der Waals surface area contributed by atoms with Gasteiger partial charge < -0.3 is 0 Å². The van der Waals surface area contributed by atoms with E-state index in [1.807, 2.05) is 36.4 Å². The van der Waals surface area contributed by atoms with Crippen LogP contribution in [0.3, 0.4) is 0 Å². The molecule has 170 valence electrons. The smallest absolute Gasteiger partial charge is 0.253 e. The van der Waals surface area contributed by atoms with Crippen LogP contribution in [0.15, 0.2) is 65.1 Å². The highest BCUT2D eigenvalue weighted by atomic mass is 35.5. The second-order valence-electron chi connectivity index (χ2n) is 7.58. The highest BCUT2D eigenvalue weighted by molar-refractivity contribution is 7.91. The fraction of sp³-hybridized carbons (Fsp3) is 0.227. The highest BCUT2D eigenvalue weighted by Crippen LogP contribution is 2.35. The van der Waals surface area contributed by atoms with Crippen molar-refractivity contribution in [2.24, 2.45) is 0 Å². The number of rotatable bonds is 6. The molecular formula is C22H19ClN4O3S3. The Hall–Kier alpha value is -2.37. The van der Waals surface area contributed by atoms with Crippen molar-refractivity contribution in [1.82, 2.24) is 14.3 Å². The summed E-state index contributed by atoms with van der Waals surface area (Å²) in [7, 11) is -3.83. The third kappa shape index (κ3) is 4.41. The maximum Gasteiger partial charge on any atom is 0.253 e. The Kier molecular flexibility index (Phi) is 6.19. The largest absolute Gasteiger partial charge is 0.282 e. The number of hydrogen-bond acceptors (Lipinski definition) is 7. The summed E-state index contributed by atoms with van der Waals surface area (Å²) < 4.78 is 29.4. The Labute approximate surface area is 204 Å². The van der Waals surface area contributed by atoms with Gasteiger partial charge in [-0.25, -0.2) is 13.4 Å². The van der Waals surface area contributed by atoms with Crippen molar-refractivity contribution in [3.8, 4) is 0 Å². The molecule has 1 unspecified atom stereocenters. The van der Waals surface area contributed by atoms with Crippen LogP contribution in [0.25, 0.3) is 10.2 Å². The van der Waals surface area contributed by atoms with E-state index < -0.39 is 16.1 Å². The lowest BCUT2D eigenvalue weighted by Crippen LogP contribution is -2.47. The van der Waals surface area contributed by atoms with Crippen LogP contribution in [-0.4, -0.2) is 41.2 Å². The summed E-state index contributed by atoms with van der Waals surface area (Å²) in [5.74, 6) is -0.290. The van der Waals surface area contributed by atoms with Crippen molar-refractivity contribution in [2.75, 3.05) is 11.4 Å². The van der Waals surface area contributed by atoms with E-state index in [0.29, 0.717) is 22.3 Å². The number of nitrogens with zero attached hydrogens (tertiary/aromatic N) is 4. The lowest BCUT2D eigenvalue weighted by Gasteiger charge is -2.28. The quantitative estimate of drug-likeness (QED) is 0.366. The summed E-state index contributed by atoms with van der Waals surface area (Å²) >= 11 is 8.39. The molecule has 33 heavy (non-hydrogen) atoms. The number of carbonyl (C=O) groups excluding carboxylic acids is 1. The maximum absolute atomic E-state index is 13.9. The lowest BCUT2D eigenvalue weighted by atomic mass is 10.2. The topological polar surface area (TPSA) is 83.5 Å². The van der Waals surface area contributed by atoms with Gasteiger partial charge in [0.05, 0.1) is 21.1 Å². The molecule has 0 spiro atoms. The van der Waals surface area contributed by atoms with E-state index in [4.69, 9.17) is 11.6 Å². The first-order chi connectivity index (χ1) is 15.9. The van der Waals surface area contributed by atoms with E-state index in [2.05, 4.69) is 9.97 Å². The van der Waals surface area contributed by atoms with Crippen LogP contribution >= 0.6 is 34.3 Å². The number of amides is 1. The maximum atomic E-state index is 13.9. The van der Waals surface area contributed by atoms with Crippen molar-refractivity contribution < 1.29 is 13.2 Å². The summed E-state index contributed by atoms with van der Waals surface area (Å²) in [4.78, 5) is 24.3. The first kappa shape index (κ1) is 22.4. The van der Waals surface area contributed by atoms with Gasteiger partial charge in [-0.3, -0.25) is 14.7 Å². The first-order valence-electron chi connectivity index (χ1n) is 10.3. The molecular weight excluding hydrogens is 500 g/mol. The SMILES string of the molecule is O=C(C1CCCN1S(=O)(=O)c1ccc(Cl)s1)N(Cc1cccnc1)c1nc2ccccc2s1. The Balaban J connectivity index is 1.52. The summed E-state index contributed by atoms with van der Waals surface area (Å²) in [6.45, 7) is 0.538. The van der Waals surface area contributed by atoms with Gasteiger partial charge in [-0.05, 0) is 48.7 Å². The minimum absolute atomic E-state index is 0.144. The molecule has 3 aromatic heterocycles. The Bertz CT molecular complexity index is 1370. The van der Waals surface area contributed by atoms with Gasteiger partial charge in [0.1, 0.15) is 10.3 Å². The molecule has 11 heteroatoms. The number of carbonyl (C=O) groups is 1. The van der Waals surface area contributed by atoms with E-state index in [0.717, 1.165) is 27.1 Å². The number of halogens is 1. The van der Waals surface area contributed by atoms with Crippen LogP contribution < -0.4 is 4.90 Å². The average Bonchev–Trinajstić information content (AvgIpc) is 3.56. The normalized spacial score (nSPS) is 16.9. The van der Waals surface area contributed by atoms with Gasteiger partial charge in [0.25, 0.3) is 10.0 Å². The van der Waals surface area contributed by atoms with E-state index in [-0.39, 0.29) is 23.2 Å². The van der Waals surface area contributed by atoms with Crippen molar-refractivity contribution in [1.29, 1.82) is 0 Å². The zero-order valence-electron chi connectivity index (χ0n) is 17.3. The van der Waals surface area contributed by atoms with E-state index in [9.17, 15) is 13.2 Å². The van der Waals surface area contributed by atoms with E-state index >= 15 is 0 Å². The average molecular weight is 519 g/mol. The number of thiophene rings is 1. The Morgan fingerprint density at radius 2 is 2.00 bits per heavy atom. The molecule has 1 aromatic carbocycles. The fourth-order valence-electron chi connectivity index (χ4n) is 3.90. The number of pyridine rings is 1. The van der Waals surface area contributed by atoms with Gasteiger partial charge in [0, 0.05) is 18.9 Å². The van der Waals surface area contributed by atoms with Crippen LogP contribution in [0.2, 0.25) is 4.34 Å². The van der Waals surface area contributed by atoms with Gasteiger partial charge >= 0.3 is 0 Å². The van der Waals surface area contributed by atoms with Crippen molar-refractivity contribution >= 4 is 65.6 Å². The number of hydrogen-bond donors (Lipinski definition) is 0. The predicted molar refractivity (Wildman–Crippen MR) is 131 cm³/mol. The van der Waals surface area contributed by atoms with Crippen LogP contribution in [0.5, 0.6) is 0 Å². The van der Waals surface area contributed by atoms with E-state index in [1.165, 1.54) is 21.7 Å². The Morgan fingerprint density at radius 3 is 2.73 bits per heavy atom. The summed E-state index contributed by atoms with van der Waals surface area (Å²) in [6, 6.07) is 13.6. The molecule has 1 amide bonds. The van der Waals surface area contributed by atoms with Gasteiger partial charge in [0.15, 0.2) is 5.13 Å². The molecule has 1 aliphatic heterocycles. The molecule has 5 rings (SSSR count). The van der Waals surface area contributed by atoms with Crippen LogP contribution in [-0.2, 0) is 21.4 Å². The molecule has 7 nitrogen and oxygen atoms in total. The number of anilines is 1.